The number of thiocarbonyl (C=S) groups is 1. The zero-order chi connectivity index (χ0) is 12.8. The second kappa shape index (κ2) is 6.26. The number of alkyl carbamates (subject to hydrolysis) is 1. The summed E-state index contributed by atoms with van der Waals surface area (Å²) in [5, 5.41) is 10.9. The van der Waals surface area contributed by atoms with Crippen LogP contribution in [0.4, 0.5) is 4.79 Å². The molecule has 0 saturated heterocycles. The first-order chi connectivity index (χ1) is 7.26. The predicted molar refractivity (Wildman–Crippen MR) is 60.4 cm³/mol. The quantitative estimate of drug-likeness (QED) is 0.705. The minimum atomic E-state index is -1.22. The molecule has 0 saturated carbocycles. The predicted octanol–water partition coefficient (Wildman–Crippen LogP) is 0.938. The average Bonchev–Trinajstić information content (AvgIpc) is 2.08. The number of carboxylic acid groups (broad SMARTS) is 1. The minimum Gasteiger partial charge on any atom is -0.487 e. The first-order valence-corrected chi connectivity index (χ1v) is 5.01. The lowest BCUT2D eigenvalue weighted by molar-refractivity contribution is -0.140. The maximum absolute atomic E-state index is 11.2. The Balaban J connectivity index is 4.23. The molecule has 2 N–H and O–H groups in total. The summed E-state index contributed by atoms with van der Waals surface area (Å²) in [7, 11) is 0. The summed E-state index contributed by atoms with van der Waals surface area (Å²) in [5.41, 5.74) is 0.255. The molecule has 1 amide bonds. The van der Waals surface area contributed by atoms with Crippen LogP contribution in [-0.2, 0) is 14.3 Å². The summed E-state index contributed by atoms with van der Waals surface area (Å²) in [5.74, 6) is -1.22. The van der Waals surface area contributed by atoms with Gasteiger partial charge in [-0.3, -0.25) is 0 Å². The van der Waals surface area contributed by atoms with Crippen LogP contribution in [0.2, 0.25) is 0 Å². The molecular formula is C9H15NO5S. The molecule has 0 radical (unpaired) electrons. The first kappa shape index (κ1) is 14.6. The number of amides is 1. The number of hydrogen-bond donors (Lipinski definition) is 2. The van der Waals surface area contributed by atoms with Gasteiger partial charge < -0.3 is 19.9 Å². The maximum atomic E-state index is 11.2. The van der Waals surface area contributed by atoms with Gasteiger partial charge in [0, 0.05) is 0 Å². The number of carboxylic acids is 1. The van der Waals surface area contributed by atoms with Crippen molar-refractivity contribution in [3.8, 4) is 0 Å². The van der Waals surface area contributed by atoms with Crippen molar-refractivity contribution in [2.45, 2.75) is 32.4 Å². The van der Waals surface area contributed by atoms with Crippen molar-refractivity contribution >= 4 is 29.8 Å². The van der Waals surface area contributed by atoms with Crippen molar-refractivity contribution in [1.82, 2.24) is 5.32 Å². The van der Waals surface area contributed by atoms with Gasteiger partial charge in [-0.2, -0.15) is 0 Å². The van der Waals surface area contributed by atoms with E-state index in [1.807, 2.05) is 0 Å². The fourth-order valence-electron chi connectivity index (χ4n) is 0.760. The Bertz CT molecular complexity index is 274. The van der Waals surface area contributed by atoms with Gasteiger partial charge in [0.2, 0.25) is 0 Å². The number of nitrogens with one attached hydrogen (secondary N) is 1. The molecule has 0 fully saturated rings. The lowest BCUT2D eigenvalue weighted by Gasteiger charge is -2.21. The molecule has 16 heavy (non-hydrogen) atoms. The third kappa shape index (κ3) is 6.99. The van der Waals surface area contributed by atoms with Crippen LogP contribution in [0.5, 0.6) is 0 Å². The number of carbonyl (C=O) groups is 2. The minimum absolute atomic E-state index is 0.238. The zero-order valence-electron chi connectivity index (χ0n) is 9.35. The molecular weight excluding hydrogens is 234 g/mol. The van der Waals surface area contributed by atoms with E-state index >= 15 is 0 Å². The van der Waals surface area contributed by atoms with Crippen molar-refractivity contribution in [2.75, 3.05) is 6.61 Å². The fraction of sp³-hybridized carbons (Fsp3) is 0.667. The van der Waals surface area contributed by atoms with E-state index < -0.39 is 23.7 Å². The highest BCUT2D eigenvalue weighted by Crippen LogP contribution is 2.06. The van der Waals surface area contributed by atoms with E-state index in [1.54, 1.807) is 20.8 Å². The van der Waals surface area contributed by atoms with Gasteiger partial charge in [0.25, 0.3) is 0 Å². The van der Waals surface area contributed by atoms with E-state index in [2.05, 4.69) is 22.3 Å². The summed E-state index contributed by atoms with van der Waals surface area (Å²) in [4.78, 5) is 22.0. The molecule has 0 bridgehead atoms. The average molecular weight is 249 g/mol. The Hall–Kier alpha value is -1.37. The number of ether oxygens (including phenoxy) is 2. The molecule has 0 aromatic carbocycles. The van der Waals surface area contributed by atoms with Crippen molar-refractivity contribution in [2.24, 2.45) is 0 Å². The van der Waals surface area contributed by atoms with Gasteiger partial charge in [0.05, 0.1) is 0 Å². The normalized spacial score (nSPS) is 12.4. The van der Waals surface area contributed by atoms with Crippen LogP contribution in [0, 0.1) is 0 Å². The highest BCUT2D eigenvalue weighted by atomic mass is 32.1. The zero-order valence-corrected chi connectivity index (χ0v) is 10.2. The maximum Gasteiger partial charge on any atom is 0.408 e. The van der Waals surface area contributed by atoms with E-state index in [0.717, 1.165) is 5.55 Å². The summed E-state index contributed by atoms with van der Waals surface area (Å²) >= 11 is 4.37. The van der Waals surface area contributed by atoms with Crippen LogP contribution in [0.1, 0.15) is 20.8 Å². The topological polar surface area (TPSA) is 84.9 Å². The Morgan fingerprint density at radius 3 is 2.44 bits per heavy atom. The van der Waals surface area contributed by atoms with E-state index in [0.29, 0.717) is 0 Å². The van der Waals surface area contributed by atoms with Crippen LogP contribution < -0.4 is 5.32 Å². The highest BCUT2D eigenvalue weighted by Gasteiger charge is 2.24. The van der Waals surface area contributed by atoms with E-state index in [4.69, 9.17) is 9.84 Å². The van der Waals surface area contributed by atoms with Crippen LogP contribution in [0.15, 0.2) is 0 Å². The van der Waals surface area contributed by atoms with Gasteiger partial charge in [-0.25, -0.2) is 9.59 Å². The summed E-state index contributed by atoms with van der Waals surface area (Å²) in [6.45, 7) is 4.79. The van der Waals surface area contributed by atoms with Crippen molar-refractivity contribution in [1.29, 1.82) is 0 Å². The second-order valence-electron chi connectivity index (χ2n) is 3.97. The molecule has 0 aromatic heterocycles. The van der Waals surface area contributed by atoms with Gasteiger partial charge in [-0.15, -0.1) is 0 Å². The van der Waals surface area contributed by atoms with E-state index in [1.165, 1.54) is 0 Å². The Kier molecular flexibility index (Phi) is 5.73. The Labute approximate surface area is 98.9 Å². The van der Waals surface area contributed by atoms with Crippen molar-refractivity contribution in [3.05, 3.63) is 0 Å². The number of aliphatic carboxylic acids is 1. The van der Waals surface area contributed by atoms with Crippen molar-refractivity contribution in [3.63, 3.8) is 0 Å². The van der Waals surface area contributed by atoms with Gasteiger partial charge in [0.15, 0.2) is 6.04 Å². The summed E-state index contributed by atoms with van der Waals surface area (Å²) in [6, 6.07) is -1.19. The number of carbonyl (C=O) groups excluding carboxylic acids is 1. The van der Waals surface area contributed by atoms with Gasteiger partial charge in [-0.1, -0.05) is 0 Å². The number of rotatable bonds is 5. The molecule has 0 heterocycles. The van der Waals surface area contributed by atoms with Crippen LogP contribution in [-0.4, -0.2) is 41.0 Å². The highest BCUT2D eigenvalue weighted by molar-refractivity contribution is 7.78. The third-order valence-corrected chi connectivity index (χ3v) is 1.46. The Morgan fingerprint density at radius 1 is 1.50 bits per heavy atom. The van der Waals surface area contributed by atoms with Crippen LogP contribution >= 0.6 is 12.2 Å². The molecule has 0 rings (SSSR count). The molecule has 0 aliphatic rings. The standard InChI is InChI=1S/C9H15NO5S/c1-9(2,3)15-8(13)10-6(7(11)12)4-14-5-16/h5-6H,4H2,1-3H3,(H,10,13)(H,11,12). The molecule has 6 nitrogen and oxygen atoms in total. The first-order valence-electron chi connectivity index (χ1n) is 4.54. The molecule has 1 atom stereocenters. The molecule has 0 aliphatic carbocycles. The van der Waals surface area contributed by atoms with E-state index in [9.17, 15) is 9.59 Å². The monoisotopic (exact) mass is 249 g/mol. The fourth-order valence-corrected chi connectivity index (χ4v) is 0.839. The SMILES string of the molecule is CC(C)(C)OC(=O)NC(COC=S)C(=O)O. The van der Waals surface area contributed by atoms with Gasteiger partial charge in [-0.05, 0) is 33.0 Å². The van der Waals surface area contributed by atoms with Gasteiger partial charge in [0.1, 0.15) is 17.8 Å². The summed E-state index contributed by atoms with van der Waals surface area (Å²) < 4.78 is 9.52. The smallest absolute Gasteiger partial charge is 0.408 e. The second-order valence-corrected chi connectivity index (χ2v) is 4.16. The molecule has 92 valence electrons. The summed E-state index contributed by atoms with van der Waals surface area (Å²) in [6.07, 6.45) is -0.812. The molecule has 0 aromatic rings. The van der Waals surface area contributed by atoms with E-state index in [-0.39, 0.29) is 6.61 Å². The van der Waals surface area contributed by atoms with Crippen LogP contribution in [0.3, 0.4) is 0 Å². The molecule has 7 heteroatoms. The molecule has 1 unspecified atom stereocenters. The van der Waals surface area contributed by atoms with Gasteiger partial charge >= 0.3 is 12.1 Å². The third-order valence-electron chi connectivity index (χ3n) is 1.32. The number of hydrogen-bond acceptors (Lipinski definition) is 5. The molecule has 0 aliphatic heterocycles. The lowest BCUT2D eigenvalue weighted by Crippen LogP contribution is -2.46. The van der Waals surface area contributed by atoms with Crippen LogP contribution in [0.25, 0.3) is 0 Å². The lowest BCUT2D eigenvalue weighted by atomic mass is 10.2. The van der Waals surface area contributed by atoms with Crippen molar-refractivity contribution < 1.29 is 24.2 Å². The molecule has 0 spiro atoms. The Morgan fingerprint density at radius 2 is 2.06 bits per heavy atom. The largest absolute Gasteiger partial charge is 0.487 e.